The molecule has 13 nitrogen and oxygen atoms in total. The molecule has 0 radical (unpaired) electrons. The second kappa shape index (κ2) is 12.0. The molecule has 242 valence electrons. The molecule has 5 atom stereocenters. The molecule has 3 aliphatic rings. The summed E-state index contributed by atoms with van der Waals surface area (Å²) in [7, 11) is 1.40. The molecule has 2 aromatic heterocycles. The highest BCUT2D eigenvalue weighted by Gasteiger charge is 2.57. The zero-order valence-corrected chi connectivity index (χ0v) is 25.1. The zero-order chi connectivity index (χ0) is 32.9. The molecule has 0 unspecified atom stereocenters. The van der Waals surface area contributed by atoms with E-state index in [9.17, 15) is 32.7 Å². The first-order chi connectivity index (χ1) is 21.8. The number of benzene rings is 1. The minimum Gasteiger partial charge on any atom is -0.390 e. The van der Waals surface area contributed by atoms with Crippen LogP contribution in [0.1, 0.15) is 26.7 Å². The summed E-state index contributed by atoms with van der Waals surface area (Å²) in [5.41, 5.74) is -1.02. The summed E-state index contributed by atoms with van der Waals surface area (Å²) in [4.78, 5) is 44.2. The van der Waals surface area contributed by atoms with Gasteiger partial charge in [0.15, 0.2) is 11.5 Å². The number of imidazole rings is 1. The number of urea groups is 1. The summed E-state index contributed by atoms with van der Waals surface area (Å²) in [5.74, 6) is 1.16. The quantitative estimate of drug-likeness (QED) is 0.241. The normalized spacial score (nSPS) is 23.5. The number of likely N-dealkylation sites (tertiary alicyclic amines) is 1. The summed E-state index contributed by atoms with van der Waals surface area (Å²) in [6, 6.07) is 3.62. The van der Waals surface area contributed by atoms with Crippen LogP contribution in [0.4, 0.5) is 23.7 Å². The Kier molecular flexibility index (Phi) is 8.17. The number of terminal acetylenes is 1. The van der Waals surface area contributed by atoms with Crippen LogP contribution < -0.4 is 21.3 Å². The monoisotopic (exact) mass is 659 g/mol. The number of nitrogens with one attached hydrogen (secondary N) is 4. The lowest BCUT2D eigenvalue weighted by atomic mass is 10.2. The summed E-state index contributed by atoms with van der Waals surface area (Å²) >= 11 is 6.39. The Morgan fingerprint density at radius 1 is 1.17 bits per heavy atom. The molecule has 17 heteroatoms. The summed E-state index contributed by atoms with van der Waals surface area (Å²) in [5, 5.41) is 24.9. The van der Waals surface area contributed by atoms with Gasteiger partial charge in [0, 0.05) is 63.0 Å². The third-order valence-corrected chi connectivity index (χ3v) is 8.81. The number of hydrogen-bond donors (Lipinski definition) is 5. The molecule has 0 bridgehead atoms. The smallest absolute Gasteiger partial charge is 0.390 e. The van der Waals surface area contributed by atoms with Crippen LogP contribution in [0, 0.1) is 24.2 Å². The van der Waals surface area contributed by atoms with Crippen LogP contribution in [-0.4, -0.2) is 91.6 Å². The van der Waals surface area contributed by atoms with E-state index >= 15 is 0 Å². The van der Waals surface area contributed by atoms with Crippen molar-refractivity contribution in [3.63, 3.8) is 0 Å². The number of fused-ring (bicyclic) bond motifs is 1. The molecule has 1 aliphatic carbocycles. The summed E-state index contributed by atoms with van der Waals surface area (Å²) in [6.45, 7) is 1.73. The highest BCUT2D eigenvalue weighted by Crippen LogP contribution is 2.45. The highest BCUT2D eigenvalue weighted by molar-refractivity contribution is 6.34. The molecular weight excluding hydrogens is 631 g/mol. The number of rotatable bonds is 7. The van der Waals surface area contributed by atoms with Crippen molar-refractivity contribution in [2.75, 3.05) is 31.5 Å². The fourth-order valence-electron chi connectivity index (χ4n) is 6.03. The van der Waals surface area contributed by atoms with Crippen molar-refractivity contribution in [2.24, 2.45) is 18.9 Å². The number of halogens is 4. The third kappa shape index (κ3) is 6.00. The Balaban J connectivity index is 1.06. The van der Waals surface area contributed by atoms with Gasteiger partial charge >= 0.3 is 12.2 Å². The Labute approximate surface area is 265 Å². The average Bonchev–Trinajstić information content (AvgIpc) is 3.55. The second-order valence-electron chi connectivity index (χ2n) is 11.5. The lowest BCUT2D eigenvalue weighted by molar-refractivity contribution is -0.141. The topological polar surface area (TPSA) is 158 Å². The summed E-state index contributed by atoms with van der Waals surface area (Å²) in [6.07, 6.45) is 2.11. The van der Waals surface area contributed by atoms with Gasteiger partial charge in [-0.05, 0) is 18.2 Å². The number of hydrogen-bond acceptors (Lipinski definition) is 7. The predicted molar refractivity (Wildman–Crippen MR) is 159 cm³/mol. The number of aliphatic hydroxyl groups excluding tert-OH is 1. The standard InChI is InChI=1S/C29H29ClF3N9O4/c1-3-6-42-13-18(24(39-42)29(31,32)33)21-9-35-25(40(21)2)27(45)36-14-4-5-15(19(30)7-14)26(44)38-23-16-11-41(12-17(16)23)28(46)37-20-8-34-10-22(20)43/h1,4-5,7,9,13,16-17,20,22-23,34,43H,6,8,10-12H2,2H3,(H,36,45)(H,37,46)(H,38,44)/t16-,17+,20-,22-,23+/m1/s1. The fourth-order valence-corrected chi connectivity index (χ4v) is 6.29. The maximum atomic E-state index is 13.6. The fraction of sp³-hybridized carbons (Fsp3) is 0.414. The van der Waals surface area contributed by atoms with E-state index in [-0.39, 0.29) is 69.9 Å². The number of amides is 4. The molecule has 0 spiro atoms. The van der Waals surface area contributed by atoms with Crippen molar-refractivity contribution >= 4 is 35.1 Å². The number of piperidine rings is 1. The molecule has 1 saturated carbocycles. The molecule has 5 N–H and O–H groups in total. The molecule has 2 saturated heterocycles. The van der Waals surface area contributed by atoms with Crippen LogP contribution in [0.3, 0.4) is 0 Å². The maximum absolute atomic E-state index is 13.6. The number of β-amino-alcohol motifs (C(OH)–C–C–N with tert-alkyl or cyclic N) is 1. The van der Waals surface area contributed by atoms with E-state index in [0.717, 1.165) is 17.1 Å². The van der Waals surface area contributed by atoms with Gasteiger partial charge in [-0.25, -0.2) is 9.78 Å². The Morgan fingerprint density at radius 3 is 2.54 bits per heavy atom. The maximum Gasteiger partial charge on any atom is 0.435 e. The van der Waals surface area contributed by atoms with Crippen LogP contribution in [0.5, 0.6) is 0 Å². The zero-order valence-electron chi connectivity index (χ0n) is 24.3. The first kappa shape index (κ1) is 31.4. The van der Waals surface area contributed by atoms with Gasteiger partial charge in [-0.1, -0.05) is 17.5 Å². The van der Waals surface area contributed by atoms with Gasteiger partial charge in [-0.15, -0.1) is 6.42 Å². The van der Waals surface area contributed by atoms with Gasteiger partial charge in [0.1, 0.15) is 6.54 Å². The van der Waals surface area contributed by atoms with Crippen molar-refractivity contribution in [1.82, 2.24) is 40.2 Å². The molecule has 4 amide bonds. The van der Waals surface area contributed by atoms with Crippen molar-refractivity contribution < 1.29 is 32.7 Å². The summed E-state index contributed by atoms with van der Waals surface area (Å²) < 4.78 is 43.1. The second-order valence-corrected chi connectivity index (χ2v) is 11.9. The number of anilines is 1. The van der Waals surface area contributed by atoms with E-state index in [4.69, 9.17) is 18.0 Å². The van der Waals surface area contributed by atoms with E-state index in [1.54, 1.807) is 4.90 Å². The molecule has 6 rings (SSSR count). The van der Waals surface area contributed by atoms with Gasteiger partial charge in [0.2, 0.25) is 0 Å². The highest BCUT2D eigenvalue weighted by atomic mass is 35.5. The Bertz CT molecular complexity index is 1740. The van der Waals surface area contributed by atoms with Crippen LogP contribution in [0.15, 0.2) is 30.6 Å². The number of aliphatic hydroxyl groups is 1. The van der Waals surface area contributed by atoms with Crippen molar-refractivity contribution in [2.45, 2.75) is 30.9 Å². The molecule has 1 aromatic carbocycles. The number of alkyl halides is 3. The molecule has 46 heavy (non-hydrogen) atoms. The number of carbonyl (C=O) groups is 3. The predicted octanol–water partition coefficient (Wildman–Crippen LogP) is 1.54. The average molecular weight is 660 g/mol. The van der Waals surface area contributed by atoms with Crippen molar-refractivity contribution in [3.8, 4) is 23.6 Å². The van der Waals surface area contributed by atoms with Gasteiger partial charge in [-0.2, -0.15) is 18.3 Å². The van der Waals surface area contributed by atoms with E-state index in [2.05, 4.69) is 37.3 Å². The Hall–Kier alpha value is -4.59. The van der Waals surface area contributed by atoms with Gasteiger partial charge in [0.05, 0.1) is 40.2 Å². The van der Waals surface area contributed by atoms with Crippen LogP contribution >= 0.6 is 11.6 Å². The number of carbonyl (C=O) groups excluding carboxylic acids is 3. The molecular formula is C29H29ClF3N9O4. The van der Waals surface area contributed by atoms with E-state index < -0.39 is 29.8 Å². The van der Waals surface area contributed by atoms with Crippen molar-refractivity contribution in [1.29, 1.82) is 0 Å². The van der Waals surface area contributed by atoms with E-state index in [1.807, 2.05) is 0 Å². The molecule has 4 heterocycles. The van der Waals surface area contributed by atoms with Crippen LogP contribution in [-0.2, 0) is 19.8 Å². The minimum absolute atomic E-state index is 0.00398. The van der Waals surface area contributed by atoms with Crippen molar-refractivity contribution in [3.05, 3.63) is 52.7 Å². The van der Waals surface area contributed by atoms with Gasteiger partial charge in [-0.3, -0.25) is 14.3 Å². The van der Waals surface area contributed by atoms with E-state index in [0.29, 0.717) is 26.2 Å². The van der Waals surface area contributed by atoms with Crippen LogP contribution in [0.2, 0.25) is 5.02 Å². The third-order valence-electron chi connectivity index (χ3n) is 8.49. The lowest BCUT2D eigenvalue weighted by Gasteiger charge is -2.24. The SMILES string of the molecule is C#CCn1cc(-c2cnc(C(=O)Nc3ccc(C(=O)N[C@H]4[C@@H]5CN(C(=O)N[C@@H]6CNC[C@H]6O)C[C@@H]54)c(Cl)c3)n2C)c(C(F)(F)F)n1. The lowest BCUT2D eigenvalue weighted by Crippen LogP contribution is -2.49. The minimum atomic E-state index is -4.76. The van der Waals surface area contributed by atoms with Gasteiger partial charge in [0.25, 0.3) is 11.8 Å². The van der Waals surface area contributed by atoms with Gasteiger partial charge < -0.3 is 35.8 Å². The Morgan fingerprint density at radius 2 is 1.91 bits per heavy atom. The largest absolute Gasteiger partial charge is 0.435 e. The number of nitrogens with zero attached hydrogens (tertiary/aromatic N) is 5. The molecule has 2 aliphatic heterocycles. The first-order valence-corrected chi connectivity index (χ1v) is 14.7. The first-order valence-electron chi connectivity index (χ1n) is 14.3. The van der Waals surface area contributed by atoms with E-state index in [1.165, 1.54) is 29.8 Å². The molecule has 3 aromatic rings. The molecule has 3 fully saturated rings. The van der Waals surface area contributed by atoms with Crippen LogP contribution in [0.25, 0.3) is 11.3 Å². The number of aromatic nitrogens is 4.